The van der Waals surface area contributed by atoms with Gasteiger partial charge in [-0.1, -0.05) is 13.3 Å². The first-order valence-electron chi connectivity index (χ1n) is 7.14. The molecule has 0 radical (unpaired) electrons. The molecule has 0 aliphatic heterocycles. The van der Waals surface area contributed by atoms with Gasteiger partial charge in [-0.25, -0.2) is 9.59 Å². The molecule has 0 saturated heterocycles. The number of carbonyl (C=O) groups is 2. The van der Waals surface area contributed by atoms with Gasteiger partial charge in [-0.3, -0.25) is 0 Å². The molecule has 5 heteroatoms. The minimum Gasteiger partial charge on any atom is -0.458 e. The van der Waals surface area contributed by atoms with Crippen molar-refractivity contribution in [1.29, 1.82) is 0 Å². The second-order valence-corrected chi connectivity index (χ2v) is 7.41. The molecular formula is C15H27NO4. The lowest BCUT2D eigenvalue weighted by Gasteiger charge is -2.27. The van der Waals surface area contributed by atoms with Crippen molar-refractivity contribution in [2.45, 2.75) is 78.0 Å². The Hall–Kier alpha value is -1.26. The first-order valence-corrected chi connectivity index (χ1v) is 7.14. The molecule has 116 valence electrons. The van der Waals surface area contributed by atoms with Crippen LogP contribution in [0.4, 0.5) is 4.79 Å². The van der Waals surface area contributed by atoms with Gasteiger partial charge in [-0.15, -0.1) is 0 Å². The van der Waals surface area contributed by atoms with Crippen molar-refractivity contribution in [3.63, 3.8) is 0 Å². The van der Waals surface area contributed by atoms with Gasteiger partial charge < -0.3 is 14.8 Å². The number of rotatable bonds is 3. The molecular weight excluding hydrogens is 258 g/mol. The summed E-state index contributed by atoms with van der Waals surface area (Å²) >= 11 is 0. The predicted octanol–water partition coefficient (Wildman–Crippen LogP) is 3.02. The van der Waals surface area contributed by atoms with E-state index in [1.54, 1.807) is 20.8 Å². The van der Waals surface area contributed by atoms with Gasteiger partial charge in [0.1, 0.15) is 16.7 Å². The highest BCUT2D eigenvalue weighted by Crippen LogP contribution is 2.47. The highest BCUT2D eigenvalue weighted by molar-refractivity contribution is 5.89. The minimum atomic E-state index is -0.912. The Morgan fingerprint density at radius 2 is 1.60 bits per heavy atom. The van der Waals surface area contributed by atoms with Crippen molar-refractivity contribution in [3.8, 4) is 0 Å². The Bertz CT molecular complexity index is 392. The van der Waals surface area contributed by atoms with E-state index in [2.05, 4.69) is 5.32 Å². The molecule has 1 N–H and O–H groups in total. The predicted molar refractivity (Wildman–Crippen MR) is 76.3 cm³/mol. The van der Waals surface area contributed by atoms with Crippen LogP contribution in [0, 0.1) is 5.92 Å². The number of hydrogen-bond donors (Lipinski definition) is 1. The molecule has 0 bridgehead atoms. The van der Waals surface area contributed by atoms with E-state index in [1.165, 1.54) is 0 Å². The molecule has 0 heterocycles. The SMILES string of the molecule is CC[C@H]1C[C@@]1(NC(=O)OC(C)(C)C)C(=O)OC(C)(C)C. The standard InChI is InChI=1S/C15H27NO4/c1-8-10-9-15(10,11(17)19-13(2,3)4)16-12(18)20-14(5,6)7/h10H,8-9H2,1-7H3,(H,16,18)/t10-,15-/m0/s1. The molecule has 1 amide bonds. The van der Waals surface area contributed by atoms with Gasteiger partial charge >= 0.3 is 12.1 Å². The van der Waals surface area contributed by atoms with Crippen LogP contribution in [0.15, 0.2) is 0 Å². The maximum atomic E-state index is 12.3. The van der Waals surface area contributed by atoms with Crippen LogP contribution in [0.1, 0.15) is 61.3 Å². The maximum absolute atomic E-state index is 12.3. The van der Waals surface area contributed by atoms with Crippen molar-refractivity contribution in [2.24, 2.45) is 5.92 Å². The summed E-state index contributed by atoms with van der Waals surface area (Å²) in [4.78, 5) is 24.2. The summed E-state index contributed by atoms with van der Waals surface area (Å²) in [5.74, 6) is -0.257. The van der Waals surface area contributed by atoms with Crippen LogP contribution in [0.5, 0.6) is 0 Å². The second kappa shape index (κ2) is 5.26. The van der Waals surface area contributed by atoms with E-state index in [9.17, 15) is 9.59 Å². The summed E-state index contributed by atoms with van der Waals surface area (Å²) in [5, 5.41) is 2.71. The van der Waals surface area contributed by atoms with Crippen molar-refractivity contribution >= 4 is 12.1 Å². The second-order valence-electron chi connectivity index (χ2n) is 7.41. The number of nitrogens with one attached hydrogen (secondary N) is 1. The fourth-order valence-corrected chi connectivity index (χ4v) is 2.13. The monoisotopic (exact) mass is 285 g/mol. The lowest BCUT2D eigenvalue weighted by atomic mass is 10.1. The molecule has 0 aromatic heterocycles. The largest absolute Gasteiger partial charge is 0.458 e. The van der Waals surface area contributed by atoms with E-state index >= 15 is 0 Å². The molecule has 20 heavy (non-hydrogen) atoms. The normalized spacial score (nSPS) is 25.9. The van der Waals surface area contributed by atoms with Crippen LogP contribution < -0.4 is 5.32 Å². The quantitative estimate of drug-likeness (QED) is 0.809. The van der Waals surface area contributed by atoms with Crippen LogP contribution >= 0.6 is 0 Å². The molecule has 5 nitrogen and oxygen atoms in total. The molecule has 1 aliphatic carbocycles. The van der Waals surface area contributed by atoms with E-state index in [1.807, 2.05) is 27.7 Å². The fraction of sp³-hybridized carbons (Fsp3) is 0.867. The van der Waals surface area contributed by atoms with Crippen molar-refractivity contribution < 1.29 is 19.1 Å². The fourth-order valence-electron chi connectivity index (χ4n) is 2.13. The molecule has 1 aliphatic rings. The van der Waals surface area contributed by atoms with Crippen LogP contribution in [0.3, 0.4) is 0 Å². The average Bonchev–Trinajstić information content (AvgIpc) is 2.86. The Morgan fingerprint density at radius 1 is 1.10 bits per heavy atom. The zero-order valence-electron chi connectivity index (χ0n) is 13.6. The van der Waals surface area contributed by atoms with E-state index < -0.39 is 22.8 Å². The zero-order chi connectivity index (χ0) is 15.8. The van der Waals surface area contributed by atoms with Gasteiger partial charge in [0, 0.05) is 0 Å². The van der Waals surface area contributed by atoms with Crippen molar-refractivity contribution in [2.75, 3.05) is 0 Å². The average molecular weight is 285 g/mol. The smallest absolute Gasteiger partial charge is 0.408 e. The van der Waals surface area contributed by atoms with Gasteiger partial charge in [0.25, 0.3) is 0 Å². The number of hydrogen-bond acceptors (Lipinski definition) is 4. The zero-order valence-corrected chi connectivity index (χ0v) is 13.6. The number of alkyl carbamates (subject to hydrolysis) is 1. The first kappa shape index (κ1) is 16.8. The summed E-state index contributed by atoms with van der Waals surface area (Å²) in [6.45, 7) is 12.8. The molecule has 1 fully saturated rings. The molecule has 0 aromatic rings. The molecule has 0 aromatic carbocycles. The summed E-state index contributed by atoms with van der Waals surface area (Å²) in [6.07, 6.45) is 0.853. The van der Waals surface area contributed by atoms with Crippen LogP contribution in [0.25, 0.3) is 0 Å². The van der Waals surface area contributed by atoms with E-state index in [0.717, 1.165) is 6.42 Å². The van der Waals surface area contributed by atoms with Gasteiger partial charge in [-0.05, 0) is 53.9 Å². The minimum absolute atomic E-state index is 0.116. The Balaban J connectivity index is 2.75. The number of amides is 1. The van der Waals surface area contributed by atoms with Crippen molar-refractivity contribution in [3.05, 3.63) is 0 Å². The van der Waals surface area contributed by atoms with Gasteiger partial charge in [0.05, 0.1) is 0 Å². The van der Waals surface area contributed by atoms with E-state index in [0.29, 0.717) is 6.42 Å². The topological polar surface area (TPSA) is 64.6 Å². The molecule has 0 unspecified atom stereocenters. The Labute approximate surface area is 121 Å². The molecule has 1 rings (SSSR count). The third-order valence-corrected chi connectivity index (χ3v) is 3.09. The molecule has 1 saturated carbocycles. The van der Waals surface area contributed by atoms with Gasteiger partial charge in [-0.2, -0.15) is 0 Å². The van der Waals surface area contributed by atoms with Crippen LogP contribution in [-0.4, -0.2) is 28.8 Å². The summed E-state index contributed by atoms with van der Waals surface area (Å²) < 4.78 is 10.6. The third kappa shape index (κ3) is 4.39. The molecule has 2 atom stereocenters. The summed E-state index contributed by atoms with van der Waals surface area (Å²) in [6, 6.07) is 0. The maximum Gasteiger partial charge on any atom is 0.408 e. The summed E-state index contributed by atoms with van der Waals surface area (Å²) in [7, 11) is 0. The van der Waals surface area contributed by atoms with Crippen LogP contribution in [-0.2, 0) is 14.3 Å². The highest BCUT2D eigenvalue weighted by Gasteiger charge is 2.62. The lowest BCUT2D eigenvalue weighted by molar-refractivity contribution is -0.159. The number of carbonyl (C=O) groups excluding carboxylic acids is 2. The van der Waals surface area contributed by atoms with Gasteiger partial charge in [0.2, 0.25) is 0 Å². The van der Waals surface area contributed by atoms with Crippen molar-refractivity contribution in [1.82, 2.24) is 5.32 Å². The van der Waals surface area contributed by atoms with E-state index in [4.69, 9.17) is 9.47 Å². The summed E-state index contributed by atoms with van der Waals surface area (Å²) in [5.41, 5.74) is -2.07. The highest BCUT2D eigenvalue weighted by atomic mass is 16.6. The van der Waals surface area contributed by atoms with Crippen LogP contribution in [0.2, 0.25) is 0 Å². The number of ether oxygens (including phenoxy) is 2. The number of esters is 1. The van der Waals surface area contributed by atoms with Gasteiger partial charge in [0.15, 0.2) is 0 Å². The Kier molecular flexibility index (Phi) is 4.42. The molecule has 0 spiro atoms. The van der Waals surface area contributed by atoms with E-state index in [-0.39, 0.29) is 11.9 Å². The third-order valence-electron chi connectivity index (χ3n) is 3.09. The lowest BCUT2D eigenvalue weighted by Crippen LogP contribution is -2.49. The first-order chi connectivity index (χ1) is 8.89. The Morgan fingerprint density at radius 3 is 1.95 bits per heavy atom.